The van der Waals surface area contributed by atoms with Crippen LogP contribution >= 0.6 is 0 Å². The van der Waals surface area contributed by atoms with Crippen molar-refractivity contribution in [2.24, 2.45) is 5.41 Å². The van der Waals surface area contributed by atoms with Gasteiger partial charge in [-0.05, 0) is 45.3 Å². The zero-order valence-corrected chi connectivity index (χ0v) is 11.2. The third-order valence-corrected chi connectivity index (χ3v) is 4.00. The predicted molar refractivity (Wildman–Crippen MR) is 69.9 cm³/mol. The van der Waals surface area contributed by atoms with Crippen LogP contribution in [-0.2, 0) is 6.54 Å². The van der Waals surface area contributed by atoms with Crippen LogP contribution in [0.2, 0.25) is 0 Å². The summed E-state index contributed by atoms with van der Waals surface area (Å²) in [5.41, 5.74) is 2.91. The lowest BCUT2D eigenvalue weighted by Crippen LogP contribution is -2.41. The Balaban J connectivity index is 1.76. The van der Waals surface area contributed by atoms with Gasteiger partial charge in [-0.2, -0.15) is 5.10 Å². The molecule has 0 bridgehead atoms. The zero-order valence-electron chi connectivity index (χ0n) is 11.2. The van der Waals surface area contributed by atoms with Crippen molar-refractivity contribution in [3.05, 3.63) is 17.5 Å². The summed E-state index contributed by atoms with van der Waals surface area (Å²) in [6, 6.07) is 0. The highest BCUT2D eigenvalue weighted by molar-refractivity contribution is 5.13. The van der Waals surface area contributed by atoms with E-state index in [4.69, 9.17) is 0 Å². The first-order chi connectivity index (χ1) is 8.09. The zero-order chi connectivity index (χ0) is 12.3. The first-order valence-electron chi connectivity index (χ1n) is 6.47. The Morgan fingerprint density at radius 2 is 2.18 bits per heavy atom. The molecule has 4 nitrogen and oxygen atoms in total. The van der Waals surface area contributed by atoms with Crippen LogP contribution < -0.4 is 5.32 Å². The van der Waals surface area contributed by atoms with Crippen molar-refractivity contribution in [3.8, 4) is 0 Å². The van der Waals surface area contributed by atoms with E-state index in [0.717, 1.165) is 13.1 Å². The van der Waals surface area contributed by atoms with Gasteiger partial charge in [-0.15, -0.1) is 0 Å². The summed E-state index contributed by atoms with van der Waals surface area (Å²) in [6.45, 7) is 8.95. The van der Waals surface area contributed by atoms with Crippen LogP contribution in [0.4, 0.5) is 0 Å². The average Bonchev–Trinajstić information content (AvgIpc) is 2.70. The van der Waals surface area contributed by atoms with Gasteiger partial charge in [-0.3, -0.25) is 5.10 Å². The molecule has 1 fully saturated rings. The number of hydrogen-bond donors (Lipinski definition) is 2. The molecule has 0 unspecified atom stereocenters. The Kier molecular flexibility index (Phi) is 3.84. The van der Waals surface area contributed by atoms with Gasteiger partial charge < -0.3 is 10.2 Å². The second-order valence-electron chi connectivity index (χ2n) is 5.74. The van der Waals surface area contributed by atoms with Gasteiger partial charge in [0.1, 0.15) is 0 Å². The molecular weight excluding hydrogens is 212 g/mol. The van der Waals surface area contributed by atoms with E-state index in [1.165, 1.54) is 37.2 Å². The van der Waals surface area contributed by atoms with Gasteiger partial charge >= 0.3 is 0 Å². The van der Waals surface area contributed by atoms with Crippen LogP contribution in [-0.4, -0.2) is 41.8 Å². The van der Waals surface area contributed by atoms with Crippen molar-refractivity contribution in [3.63, 3.8) is 0 Å². The van der Waals surface area contributed by atoms with Crippen LogP contribution in [0.15, 0.2) is 6.20 Å². The van der Waals surface area contributed by atoms with E-state index in [9.17, 15) is 0 Å². The van der Waals surface area contributed by atoms with Crippen LogP contribution in [0.25, 0.3) is 0 Å². The molecule has 2 heterocycles. The first-order valence-corrected chi connectivity index (χ1v) is 6.47. The molecule has 2 N–H and O–H groups in total. The van der Waals surface area contributed by atoms with E-state index in [2.05, 4.69) is 41.3 Å². The molecule has 0 saturated carbocycles. The van der Waals surface area contributed by atoms with Crippen LogP contribution in [0, 0.1) is 12.3 Å². The maximum absolute atomic E-state index is 4.04. The molecule has 0 spiro atoms. The summed E-state index contributed by atoms with van der Waals surface area (Å²) in [6.07, 6.45) is 4.50. The lowest BCUT2D eigenvalue weighted by atomic mass is 9.80. The Hall–Kier alpha value is -0.870. The number of aromatic nitrogens is 2. The Morgan fingerprint density at radius 1 is 1.47 bits per heavy atom. The molecule has 0 amide bonds. The monoisotopic (exact) mass is 236 g/mol. The van der Waals surface area contributed by atoms with Crippen LogP contribution in [0.5, 0.6) is 0 Å². The minimum Gasteiger partial charge on any atom is -0.312 e. The highest BCUT2D eigenvalue weighted by atomic mass is 15.1. The smallest absolute Gasteiger partial charge is 0.0535 e. The van der Waals surface area contributed by atoms with Gasteiger partial charge in [0.15, 0.2) is 0 Å². The molecule has 0 atom stereocenters. The van der Waals surface area contributed by atoms with Crippen molar-refractivity contribution >= 4 is 0 Å². The summed E-state index contributed by atoms with van der Waals surface area (Å²) in [5.74, 6) is 0. The van der Waals surface area contributed by atoms with Crippen LogP contribution in [0.3, 0.4) is 0 Å². The van der Waals surface area contributed by atoms with E-state index in [-0.39, 0.29) is 0 Å². The first kappa shape index (κ1) is 12.6. The van der Waals surface area contributed by atoms with Crippen molar-refractivity contribution < 1.29 is 0 Å². The lowest BCUT2D eigenvalue weighted by Gasteiger charge is -2.38. The topological polar surface area (TPSA) is 44.0 Å². The van der Waals surface area contributed by atoms with Crippen molar-refractivity contribution in [2.75, 3.05) is 26.7 Å². The molecule has 1 aromatic heterocycles. The lowest BCUT2D eigenvalue weighted by molar-refractivity contribution is 0.137. The molecule has 96 valence electrons. The molecule has 0 radical (unpaired) electrons. The number of H-pyrrole nitrogens is 1. The highest BCUT2D eigenvalue weighted by Gasteiger charge is 2.28. The van der Waals surface area contributed by atoms with Gasteiger partial charge in [-0.25, -0.2) is 0 Å². The van der Waals surface area contributed by atoms with Gasteiger partial charge in [0.05, 0.1) is 6.20 Å². The SMILES string of the molecule is Cc1[nH]ncc1CNCC1(C)CCN(C)CC1. The molecule has 1 aromatic rings. The molecule has 1 aliphatic rings. The normalized spacial score (nSPS) is 20.6. The summed E-state index contributed by atoms with van der Waals surface area (Å²) in [4.78, 5) is 2.42. The number of aryl methyl sites for hydroxylation is 1. The van der Waals surface area contributed by atoms with Crippen molar-refractivity contribution in [2.45, 2.75) is 33.2 Å². The molecule has 1 saturated heterocycles. The quantitative estimate of drug-likeness (QED) is 0.833. The maximum atomic E-state index is 4.04. The Labute approximate surface area is 104 Å². The number of rotatable bonds is 4. The third kappa shape index (κ3) is 3.30. The Morgan fingerprint density at radius 3 is 2.76 bits per heavy atom. The van der Waals surface area contributed by atoms with E-state index >= 15 is 0 Å². The second kappa shape index (κ2) is 5.19. The summed E-state index contributed by atoms with van der Waals surface area (Å²) >= 11 is 0. The number of likely N-dealkylation sites (tertiary alicyclic amines) is 1. The van der Waals surface area contributed by atoms with Gasteiger partial charge in [0.2, 0.25) is 0 Å². The number of aromatic amines is 1. The van der Waals surface area contributed by atoms with Gasteiger partial charge in [0.25, 0.3) is 0 Å². The number of nitrogens with zero attached hydrogens (tertiary/aromatic N) is 2. The average molecular weight is 236 g/mol. The van der Waals surface area contributed by atoms with E-state index in [1.807, 2.05) is 6.20 Å². The van der Waals surface area contributed by atoms with Crippen LogP contribution in [0.1, 0.15) is 31.0 Å². The Bertz CT molecular complexity index is 350. The molecule has 0 aromatic carbocycles. The fourth-order valence-corrected chi connectivity index (χ4v) is 2.39. The number of hydrogen-bond acceptors (Lipinski definition) is 3. The molecule has 17 heavy (non-hydrogen) atoms. The third-order valence-electron chi connectivity index (χ3n) is 4.00. The van der Waals surface area contributed by atoms with Gasteiger partial charge in [-0.1, -0.05) is 6.92 Å². The number of piperidine rings is 1. The minimum atomic E-state index is 0.462. The highest BCUT2D eigenvalue weighted by Crippen LogP contribution is 2.29. The molecule has 4 heteroatoms. The number of nitrogens with one attached hydrogen (secondary N) is 2. The van der Waals surface area contributed by atoms with E-state index in [1.54, 1.807) is 0 Å². The maximum Gasteiger partial charge on any atom is 0.0535 e. The summed E-state index contributed by atoms with van der Waals surface area (Å²) in [7, 11) is 2.21. The van der Waals surface area contributed by atoms with Crippen molar-refractivity contribution in [1.82, 2.24) is 20.4 Å². The summed E-state index contributed by atoms with van der Waals surface area (Å²) < 4.78 is 0. The second-order valence-corrected chi connectivity index (χ2v) is 5.74. The van der Waals surface area contributed by atoms with Crippen molar-refractivity contribution in [1.29, 1.82) is 0 Å². The van der Waals surface area contributed by atoms with E-state index in [0.29, 0.717) is 5.41 Å². The van der Waals surface area contributed by atoms with E-state index < -0.39 is 0 Å². The molecule has 1 aliphatic heterocycles. The molecule has 2 rings (SSSR count). The predicted octanol–water partition coefficient (Wildman–Crippen LogP) is 1.54. The largest absolute Gasteiger partial charge is 0.312 e. The fourth-order valence-electron chi connectivity index (χ4n) is 2.39. The standard InChI is InChI=1S/C13H24N4/c1-11-12(9-15-16-11)8-14-10-13(2)4-6-17(3)7-5-13/h9,14H,4-8,10H2,1-3H3,(H,15,16). The minimum absolute atomic E-state index is 0.462. The van der Waals surface area contributed by atoms with Gasteiger partial charge in [0, 0.05) is 24.3 Å². The molecule has 0 aliphatic carbocycles. The fraction of sp³-hybridized carbons (Fsp3) is 0.769. The summed E-state index contributed by atoms with van der Waals surface area (Å²) in [5, 5.41) is 10.6. The molecular formula is C13H24N4.